The molecule has 0 aromatic heterocycles. The topological polar surface area (TPSA) is 60.4 Å². The van der Waals surface area contributed by atoms with Crippen LogP contribution in [0.15, 0.2) is 30.3 Å². The van der Waals surface area contributed by atoms with Crippen LogP contribution in [0, 0.1) is 0 Å². The summed E-state index contributed by atoms with van der Waals surface area (Å²) >= 11 is 0. The fraction of sp³-hybridized carbons (Fsp3) is 0.417. The number of sulfone groups is 1. The third-order valence-electron chi connectivity index (χ3n) is 2.29. The first-order valence-corrected chi connectivity index (χ1v) is 7.17. The maximum absolute atomic E-state index is 11.7. The smallest absolute Gasteiger partial charge is 0.305 e. The highest BCUT2D eigenvalue weighted by Crippen LogP contribution is 2.08. The average Bonchev–Trinajstić information content (AvgIpc) is 2.29. The summed E-state index contributed by atoms with van der Waals surface area (Å²) in [6.45, 7) is 0. The number of esters is 1. The van der Waals surface area contributed by atoms with E-state index in [0.717, 1.165) is 5.56 Å². The van der Waals surface area contributed by atoms with Gasteiger partial charge in [-0.15, -0.1) is 0 Å². The molecule has 0 unspecified atom stereocenters. The lowest BCUT2D eigenvalue weighted by atomic mass is 10.2. The first kappa shape index (κ1) is 13.7. The number of hydrogen-bond donors (Lipinski definition) is 0. The molecule has 1 rings (SSSR count). The Morgan fingerprint density at radius 3 is 2.47 bits per heavy atom. The molecular formula is C12H16O4S. The summed E-state index contributed by atoms with van der Waals surface area (Å²) in [4.78, 5) is 10.8. The molecule has 17 heavy (non-hydrogen) atoms. The first-order chi connectivity index (χ1) is 8.03. The Morgan fingerprint density at radius 2 is 1.88 bits per heavy atom. The number of ether oxygens (including phenoxy) is 1. The molecule has 0 atom stereocenters. The molecule has 0 spiro atoms. The largest absolute Gasteiger partial charge is 0.469 e. The number of carbonyl (C=O) groups is 1. The molecule has 94 valence electrons. The zero-order valence-electron chi connectivity index (χ0n) is 9.76. The number of methoxy groups -OCH3 is 1. The van der Waals surface area contributed by atoms with E-state index in [1.54, 1.807) is 24.3 Å². The van der Waals surface area contributed by atoms with Gasteiger partial charge in [0, 0.05) is 6.42 Å². The van der Waals surface area contributed by atoms with Gasteiger partial charge < -0.3 is 4.74 Å². The second-order valence-corrected chi connectivity index (χ2v) is 5.94. The maximum Gasteiger partial charge on any atom is 0.305 e. The van der Waals surface area contributed by atoms with Crippen LogP contribution >= 0.6 is 0 Å². The Bertz CT molecular complexity index is 451. The first-order valence-electron chi connectivity index (χ1n) is 5.34. The minimum Gasteiger partial charge on any atom is -0.469 e. The fourth-order valence-corrected chi connectivity index (χ4v) is 2.87. The standard InChI is InChI=1S/C12H16O4S/c1-16-12(13)8-5-9-17(14,15)10-11-6-3-2-4-7-11/h2-4,6-7H,5,8-10H2,1H3. The fourth-order valence-electron chi connectivity index (χ4n) is 1.44. The quantitative estimate of drug-likeness (QED) is 0.725. The second-order valence-electron chi connectivity index (χ2n) is 3.76. The lowest BCUT2D eigenvalue weighted by Gasteiger charge is -2.04. The van der Waals surface area contributed by atoms with Gasteiger partial charge in [0.2, 0.25) is 0 Å². The van der Waals surface area contributed by atoms with Crippen molar-refractivity contribution in [3.63, 3.8) is 0 Å². The maximum atomic E-state index is 11.7. The minimum atomic E-state index is -3.15. The molecule has 1 aromatic carbocycles. The van der Waals surface area contributed by atoms with Gasteiger partial charge >= 0.3 is 5.97 Å². The molecule has 0 aliphatic carbocycles. The van der Waals surface area contributed by atoms with Crippen molar-refractivity contribution in [2.75, 3.05) is 12.9 Å². The van der Waals surface area contributed by atoms with Crippen LogP contribution in [0.3, 0.4) is 0 Å². The molecule has 0 aliphatic heterocycles. The summed E-state index contributed by atoms with van der Waals surface area (Å²) in [6.07, 6.45) is 0.451. The Kier molecular flexibility index (Phi) is 5.15. The van der Waals surface area contributed by atoms with Crippen LogP contribution in [-0.4, -0.2) is 27.2 Å². The van der Waals surface area contributed by atoms with Crippen LogP contribution in [0.1, 0.15) is 18.4 Å². The van der Waals surface area contributed by atoms with E-state index < -0.39 is 9.84 Å². The summed E-state index contributed by atoms with van der Waals surface area (Å²) < 4.78 is 27.9. The summed E-state index contributed by atoms with van der Waals surface area (Å²) in [5, 5.41) is 0. The van der Waals surface area contributed by atoms with E-state index in [2.05, 4.69) is 4.74 Å². The van der Waals surface area contributed by atoms with Crippen LogP contribution in [0.2, 0.25) is 0 Å². The van der Waals surface area contributed by atoms with Crippen molar-refractivity contribution in [3.05, 3.63) is 35.9 Å². The van der Waals surface area contributed by atoms with Crippen LogP contribution in [0.5, 0.6) is 0 Å². The van der Waals surface area contributed by atoms with Crippen LogP contribution in [0.4, 0.5) is 0 Å². The number of benzene rings is 1. The van der Waals surface area contributed by atoms with E-state index >= 15 is 0 Å². The highest BCUT2D eigenvalue weighted by atomic mass is 32.2. The van der Waals surface area contributed by atoms with Crippen LogP contribution < -0.4 is 0 Å². The zero-order valence-corrected chi connectivity index (χ0v) is 10.6. The van der Waals surface area contributed by atoms with Gasteiger partial charge in [0.1, 0.15) is 0 Å². The summed E-state index contributed by atoms with van der Waals surface area (Å²) in [5.41, 5.74) is 0.769. The number of carbonyl (C=O) groups excluding carboxylic acids is 1. The Balaban J connectivity index is 2.44. The molecule has 0 amide bonds. The summed E-state index contributed by atoms with van der Waals surface area (Å²) in [5.74, 6) is -0.341. The van der Waals surface area contributed by atoms with Crippen LogP contribution in [-0.2, 0) is 25.1 Å². The van der Waals surface area contributed by atoms with Crippen molar-refractivity contribution in [2.24, 2.45) is 0 Å². The molecule has 0 bridgehead atoms. The van der Waals surface area contributed by atoms with Crippen molar-refractivity contribution >= 4 is 15.8 Å². The van der Waals surface area contributed by atoms with Crippen molar-refractivity contribution < 1.29 is 17.9 Å². The highest BCUT2D eigenvalue weighted by Gasteiger charge is 2.12. The third kappa shape index (κ3) is 5.49. The monoisotopic (exact) mass is 256 g/mol. The molecular weight excluding hydrogens is 240 g/mol. The molecule has 0 heterocycles. The normalized spacial score (nSPS) is 11.1. The van der Waals surface area contributed by atoms with Gasteiger partial charge in [0.15, 0.2) is 9.84 Å². The minimum absolute atomic E-state index is 0.0109. The molecule has 0 aliphatic rings. The molecule has 0 saturated carbocycles. The van der Waals surface area contributed by atoms with E-state index in [-0.39, 0.29) is 23.9 Å². The van der Waals surface area contributed by atoms with Crippen LogP contribution in [0.25, 0.3) is 0 Å². The van der Waals surface area contributed by atoms with E-state index in [0.29, 0.717) is 6.42 Å². The van der Waals surface area contributed by atoms with Gasteiger partial charge in [-0.3, -0.25) is 4.79 Å². The lowest BCUT2D eigenvalue weighted by Crippen LogP contribution is -2.11. The van der Waals surface area contributed by atoms with Crippen molar-refractivity contribution in [2.45, 2.75) is 18.6 Å². The third-order valence-corrected chi connectivity index (χ3v) is 3.98. The Morgan fingerprint density at radius 1 is 1.24 bits per heavy atom. The Hall–Kier alpha value is -1.36. The number of rotatable bonds is 6. The molecule has 0 saturated heterocycles. The van der Waals surface area contributed by atoms with Crippen molar-refractivity contribution in [1.29, 1.82) is 0 Å². The second kappa shape index (κ2) is 6.39. The van der Waals surface area contributed by atoms with Crippen molar-refractivity contribution in [3.8, 4) is 0 Å². The predicted molar refractivity (Wildman–Crippen MR) is 65.2 cm³/mol. The molecule has 0 fully saturated rings. The molecule has 1 aromatic rings. The van der Waals surface area contributed by atoms with E-state index in [1.807, 2.05) is 6.07 Å². The summed E-state index contributed by atoms with van der Waals surface area (Å²) in [7, 11) is -1.85. The van der Waals surface area contributed by atoms with Crippen molar-refractivity contribution in [1.82, 2.24) is 0 Å². The Labute approximate surface area is 102 Å². The van der Waals surface area contributed by atoms with Gasteiger partial charge in [0.25, 0.3) is 0 Å². The van der Waals surface area contributed by atoms with E-state index in [9.17, 15) is 13.2 Å². The van der Waals surface area contributed by atoms with E-state index in [1.165, 1.54) is 7.11 Å². The van der Waals surface area contributed by atoms with Gasteiger partial charge in [-0.2, -0.15) is 0 Å². The number of hydrogen-bond acceptors (Lipinski definition) is 4. The molecule has 5 heteroatoms. The highest BCUT2D eigenvalue weighted by molar-refractivity contribution is 7.90. The van der Waals surface area contributed by atoms with Gasteiger partial charge in [0.05, 0.1) is 18.6 Å². The predicted octanol–water partition coefficient (Wildman–Crippen LogP) is 1.55. The summed E-state index contributed by atoms with van der Waals surface area (Å²) in [6, 6.07) is 9.00. The van der Waals surface area contributed by atoms with Gasteiger partial charge in [-0.25, -0.2) is 8.42 Å². The lowest BCUT2D eigenvalue weighted by molar-refractivity contribution is -0.140. The average molecular weight is 256 g/mol. The van der Waals surface area contributed by atoms with E-state index in [4.69, 9.17) is 0 Å². The molecule has 0 radical (unpaired) electrons. The SMILES string of the molecule is COC(=O)CCCS(=O)(=O)Cc1ccccc1. The molecule has 4 nitrogen and oxygen atoms in total. The molecule has 0 N–H and O–H groups in total. The van der Waals surface area contributed by atoms with Gasteiger partial charge in [-0.1, -0.05) is 30.3 Å². The zero-order chi connectivity index (χ0) is 12.7. The van der Waals surface area contributed by atoms with Gasteiger partial charge in [-0.05, 0) is 12.0 Å².